The third-order valence-electron chi connectivity index (χ3n) is 0.811. The highest BCUT2D eigenvalue weighted by atomic mass is 14.9. The van der Waals surface area contributed by atoms with Crippen molar-refractivity contribution >= 4 is 12.5 Å². The van der Waals surface area contributed by atoms with Gasteiger partial charge in [0, 0.05) is 6.07 Å². The van der Waals surface area contributed by atoms with Crippen LogP contribution in [-0.2, 0) is 0 Å². The molecule has 1 rings (SSSR count). The first-order chi connectivity index (χ1) is 3.93. The van der Waals surface area contributed by atoms with Crippen LogP contribution >= 0.6 is 0 Å². The van der Waals surface area contributed by atoms with E-state index in [0.29, 0.717) is 5.82 Å². The second-order valence-corrected chi connectivity index (χ2v) is 1.35. The van der Waals surface area contributed by atoms with E-state index in [9.17, 15) is 0 Å². The van der Waals surface area contributed by atoms with E-state index in [0.717, 1.165) is 0 Å². The molecule has 0 aliphatic carbocycles. The normalized spacial score (nSPS) is 8.50. The molecular weight excluding hydrogens is 100 g/mol. The molecule has 39 valence electrons. The van der Waals surface area contributed by atoms with Gasteiger partial charge in [0.2, 0.25) is 0 Å². The maximum atomic E-state index is 3.87. The Balaban J connectivity index is 2.99. The van der Waals surface area contributed by atoms with Gasteiger partial charge in [0.15, 0.2) is 0 Å². The van der Waals surface area contributed by atoms with Gasteiger partial charge in [-0.1, -0.05) is 11.1 Å². The largest absolute Gasteiger partial charge is 0.362 e. The average Bonchev–Trinajstić information content (AvgIpc) is 1.90. The molecule has 0 bridgehead atoms. The minimum absolute atomic E-state index is 0.674. The summed E-state index contributed by atoms with van der Waals surface area (Å²) in [6.07, 6.45) is 1.68. The SMILES string of the molecule is C=[N+]c1ccccn1. The predicted octanol–water partition coefficient (Wildman–Crippen LogP) is 0.749. The molecule has 0 atom stereocenters. The fourth-order valence-electron chi connectivity index (χ4n) is 0.447. The zero-order valence-corrected chi connectivity index (χ0v) is 4.41. The summed E-state index contributed by atoms with van der Waals surface area (Å²) in [7, 11) is 0. The van der Waals surface area contributed by atoms with Gasteiger partial charge in [-0.15, -0.1) is 0 Å². The molecule has 0 amide bonds. The first-order valence-electron chi connectivity index (χ1n) is 2.31. The molecule has 2 nitrogen and oxygen atoms in total. The van der Waals surface area contributed by atoms with Gasteiger partial charge < -0.3 is 0 Å². The van der Waals surface area contributed by atoms with Gasteiger partial charge >= 0.3 is 5.82 Å². The highest BCUT2D eigenvalue weighted by molar-refractivity contribution is 5.35. The number of pyridine rings is 1. The highest BCUT2D eigenvalue weighted by Crippen LogP contribution is 1.93. The van der Waals surface area contributed by atoms with Crippen LogP contribution in [0.2, 0.25) is 0 Å². The van der Waals surface area contributed by atoms with Gasteiger partial charge in [-0.25, -0.2) is 0 Å². The van der Waals surface area contributed by atoms with Gasteiger partial charge in [0.1, 0.15) is 12.9 Å². The van der Waals surface area contributed by atoms with Crippen molar-refractivity contribution in [3.8, 4) is 0 Å². The zero-order valence-electron chi connectivity index (χ0n) is 4.41. The van der Waals surface area contributed by atoms with Crippen LogP contribution in [0.5, 0.6) is 0 Å². The number of nitrogens with zero attached hydrogens (tertiary/aromatic N) is 2. The average molecular weight is 106 g/mol. The van der Waals surface area contributed by atoms with Crippen LogP contribution in [0.3, 0.4) is 0 Å². The third kappa shape index (κ3) is 0.904. The maximum Gasteiger partial charge on any atom is 0.362 e. The van der Waals surface area contributed by atoms with Crippen LogP contribution in [0.1, 0.15) is 0 Å². The molecule has 0 aromatic carbocycles. The van der Waals surface area contributed by atoms with E-state index in [1.807, 2.05) is 12.1 Å². The molecule has 1 heterocycles. The molecule has 1 aromatic rings. The maximum absolute atomic E-state index is 3.87. The minimum atomic E-state index is 0.674. The Morgan fingerprint density at radius 1 is 1.50 bits per heavy atom. The molecule has 2 heteroatoms. The topological polar surface area (TPSA) is 27.0 Å². The van der Waals surface area contributed by atoms with E-state index >= 15 is 0 Å². The first-order valence-corrected chi connectivity index (χ1v) is 2.31. The Hall–Kier alpha value is -1.18. The Kier molecular flexibility index (Phi) is 1.37. The summed E-state index contributed by atoms with van der Waals surface area (Å²) in [6, 6.07) is 5.51. The van der Waals surface area contributed by atoms with E-state index in [1.54, 1.807) is 12.3 Å². The van der Waals surface area contributed by atoms with Crippen molar-refractivity contribution in [1.29, 1.82) is 0 Å². The molecular formula is C6H6N2+. The minimum Gasteiger partial charge on any atom is -0.0541 e. The van der Waals surface area contributed by atoms with Crippen molar-refractivity contribution in [1.82, 2.24) is 9.98 Å². The number of rotatable bonds is 1. The van der Waals surface area contributed by atoms with Crippen molar-refractivity contribution in [2.24, 2.45) is 0 Å². The van der Waals surface area contributed by atoms with E-state index < -0.39 is 0 Å². The van der Waals surface area contributed by atoms with Crippen LogP contribution in [0.4, 0.5) is 5.82 Å². The number of hydrogen-bond acceptors (Lipinski definition) is 2. The molecule has 1 aromatic heterocycles. The molecule has 1 radical (unpaired) electrons. The number of aliphatic imine (C=N–C) groups is 1. The van der Waals surface area contributed by atoms with Crippen LogP contribution < -0.4 is 4.99 Å². The summed E-state index contributed by atoms with van der Waals surface area (Å²) >= 11 is 0. The van der Waals surface area contributed by atoms with Crippen molar-refractivity contribution in [3.63, 3.8) is 0 Å². The first kappa shape index (κ1) is 4.97. The molecule has 8 heavy (non-hydrogen) atoms. The summed E-state index contributed by atoms with van der Waals surface area (Å²) in [5.74, 6) is 0.674. The van der Waals surface area contributed by atoms with E-state index in [1.165, 1.54) is 0 Å². The molecule has 0 unspecified atom stereocenters. The fraction of sp³-hybridized carbons (Fsp3) is 0. The van der Waals surface area contributed by atoms with Gasteiger partial charge in [-0.2, -0.15) is 0 Å². The predicted molar refractivity (Wildman–Crippen MR) is 33.2 cm³/mol. The second kappa shape index (κ2) is 2.21. The lowest BCUT2D eigenvalue weighted by atomic mass is 10.5. The molecule has 0 N–H and O–H groups in total. The van der Waals surface area contributed by atoms with Crippen molar-refractivity contribution in [2.45, 2.75) is 0 Å². The van der Waals surface area contributed by atoms with Crippen molar-refractivity contribution < 1.29 is 0 Å². The second-order valence-electron chi connectivity index (χ2n) is 1.35. The van der Waals surface area contributed by atoms with Crippen LogP contribution in [0.15, 0.2) is 24.4 Å². The molecule has 0 fully saturated rings. The number of aromatic nitrogens is 1. The van der Waals surface area contributed by atoms with Gasteiger partial charge in [0.05, 0.1) is 0 Å². The van der Waals surface area contributed by atoms with E-state index in [2.05, 4.69) is 16.7 Å². The van der Waals surface area contributed by atoms with Crippen LogP contribution in [0.25, 0.3) is 0 Å². The Morgan fingerprint density at radius 3 is 2.75 bits per heavy atom. The molecule has 0 aliphatic heterocycles. The van der Waals surface area contributed by atoms with Gasteiger partial charge in [-0.3, -0.25) is 0 Å². The molecule has 0 saturated carbocycles. The lowest BCUT2D eigenvalue weighted by Gasteiger charge is -1.70. The quantitative estimate of drug-likeness (QED) is 0.485. The molecule has 0 spiro atoms. The number of hydrogen-bond donors (Lipinski definition) is 0. The van der Waals surface area contributed by atoms with Crippen molar-refractivity contribution in [2.75, 3.05) is 0 Å². The lowest BCUT2D eigenvalue weighted by Crippen LogP contribution is -1.77. The summed E-state index contributed by atoms with van der Waals surface area (Å²) < 4.78 is 0. The summed E-state index contributed by atoms with van der Waals surface area (Å²) in [5, 5.41) is 0. The Bertz CT molecular complexity index is 169. The standard InChI is InChI=1S/C6H6N2/c1-7-6-4-2-3-5-8-6/h2-5H,1H2/q+1. The van der Waals surface area contributed by atoms with Gasteiger partial charge in [0.25, 0.3) is 0 Å². The summed E-state index contributed by atoms with van der Waals surface area (Å²) in [4.78, 5) is 7.48. The third-order valence-corrected chi connectivity index (χ3v) is 0.811. The lowest BCUT2D eigenvalue weighted by molar-refractivity contribution is 1.22. The molecule has 0 aliphatic rings. The van der Waals surface area contributed by atoms with Crippen LogP contribution in [-0.4, -0.2) is 11.7 Å². The smallest absolute Gasteiger partial charge is 0.0541 e. The van der Waals surface area contributed by atoms with Crippen molar-refractivity contribution in [3.05, 3.63) is 24.4 Å². The highest BCUT2D eigenvalue weighted by Gasteiger charge is 1.93. The van der Waals surface area contributed by atoms with Gasteiger partial charge in [-0.05, 0) is 11.1 Å². The Morgan fingerprint density at radius 2 is 2.38 bits per heavy atom. The van der Waals surface area contributed by atoms with E-state index in [4.69, 9.17) is 0 Å². The molecule has 0 saturated heterocycles. The van der Waals surface area contributed by atoms with E-state index in [-0.39, 0.29) is 0 Å². The fourth-order valence-corrected chi connectivity index (χ4v) is 0.447. The monoisotopic (exact) mass is 106 g/mol. The summed E-state index contributed by atoms with van der Waals surface area (Å²) in [6.45, 7) is 3.32. The van der Waals surface area contributed by atoms with Crippen LogP contribution in [0, 0.1) is 0 Å². The Labute approximate surface area is 47.9 Å². The zero-order chi connectivity index (χ0) is 5.82. The summed E-state index contributed by atoms with van der Waals surface area (Å²) in [5.41, 5.74) is 0.